The standard InChI is InChI=1S/C20H22N4O2/c1-15-7-6-8-17(13-15)24-20(11-12-21-16(2)25)22-19(23-24)14-26-18-9-4-3-5-10-18/h3-10,13H,11-12,14H2,1-2H3,(H,21,25). The molecule has 1 N–H and O–H groups in total. The van der Waals surface area contributed by atoms with Crippen molar-refractivity contribution >= 4 is 5.91 Å². The van der Waals surface area contributed by atoms with E-state index in [4.69, 9.17) is 4.74 Å². The van der Waals surface area contributed by atoms with Crippen molar-refractivity contribution in [1.82, 2.24) is 20.1 Å². The van der Waals surface area contributed by atoms with Crippen molar-refractivity contribution in [3.05, 3.63) is 71.8 Å². The van der Waals surface area contributed by atoms with E-state index >= 15 is 0 Å². The third-order valence-electron chi connectivity index (χ3n) is 3.80. The molecule has 0 unspecified atom stereocenters. The Hall–Kier alpha value is -3.15. The van der Waals surface area contributed by atoms with Crippen LogP contribution in [0.2, 0.25) is 0 Å². The van der Waals surface area contributed by atoms with Crippen LogP contribution < -0.4 is 10.1 Å². The third kappa shape index (κ3) is 4.69. The Kier molecular flexibility index (Phi) is 5.63. The van der Waals surface area contributed by atoms with E-state index in [1.165, 1.54) is 6.92 Å². The highest BCUT2D eigenvalue weighted by molar-refractivity contribution is 5.72. The van der Waals surface area contributed by atoms with Crippen LogP contribution in [0.4, 0.5) is 0 Å². The fraction of sp³-hybridized carbons (Fsp3) is 0.250. The van der Waals surface area contributed by atoms with E-state index in [0.29, 0.717) is 18.8 Å². The van der Waals surface area contributed by atoms with E-state index in [2.05, 4.69) is 21.5 Å². The third-order valence-corrected chi connectivity index (χ3v) is 3.80. The highest BCUT2D eigenvalue weighted by Crippen LogP contribution is 2.14. The minimum atomic E-state index is -0.0562. The molecule has 2 aromatic carbocycles. The van der Waals surface area contributed by atoms with Gasteiger partial charge in [0.2, 0.25) is 5.91 Å². The Bertz CT molecular complexity index is 875. The zero-order valence-corrected chi connectivity index (χ0v) is 15.0. The van der Waals surface area contributed by atoms with E-state index in [-0.39, 0.29) is 12.5 Å². The first-order valence-electron chi connectivity index (χ1n) is 8.56. The van der Waals surface area contributed by atoms with Gasteiger partial charge in [-0.1, -0.05) is 30.3 Å². The molecule has 1 amide bonds. The maximum absolute atomic E-state index is 11.1. The molecule has 0 saturated heterocycles. The highest BCUT2D eigenvalue weighted by atomic mass is 16.5. The minimum Gasteiger partial charge on any atom is -0.486 e. The summed E-state index contributed by atoms with van der Waals surface area (Å²) in [5.74, 6) is 2.11. The van der Waals surface area contributed by atoms with Gasteiger partial charge in [-0.15, -0.1) is 5.10 Å². The Morgan fingerprint density at radius 2 is 1.96 bits per heavy atom. The van der Waals surface area contributed by atoms with Crippen molar-refractivity contribution in [2.45, 2.75) is 26.9 Å². The summed E-state index contributed by atoms with van der Waals surface area (Å²) >= 11 is 0. The SMILES string of the molecule is CC(=O)NCCc1nc(COc2ccccc2)nn1-c1cccc(C)c1. The number of carbonyl (C=O) groups excluding carboxylic acids is 1. The van der Waals surface area contributed by atoms with Gasteiger partial charge in [0.1, 0.15) is 18.2 Å². The van der Waals surface area contributed by atoms with Gasteiger partial charge in [-0.3, -0.25) is 4.79 Å². The first kappa shape index (κ1) is 17.7. The normalized spacial score (nSPS) is 10.5. The van der Waals surface area contributed by atoms with Gasteiger partial charge in [0.25, 0.3) is 0 Å². The van der Waals surface area contributed by atoms with Gasteiger partial charge in [0.15, 0.2) is 5.82 Å². The fourth-order valence-corrected chi connectivity index (χ4v) is 2.60. The number of rotatable bonds is 7. The molecule has 0 aliphatic rings. The number of hydrogen-bond donors (Lipinski definition) is 1. The highest BCUT2D eigenvalue weighted by Gasteiger charge is 2.12. The molecule has 0 radical (unpaired) electrons. The number of benzene rings is 2. The predicted molar refractivity (Wildman–Crippen MR) is 99.3 cm³/mol. The summed E-state index contributed by atoms with van der Waals surface area (Å²) < 4.78 is 7.57. The zero-order chi connectivity index (χ0) is 18.4. The monoisotopic (exact) mass is 350 g/mol. The summed E-state index contributed by atoms with van der Waals surface area (Å²) in [6, 6.07) is 17.7. The summed E-state index contributed by atoms with van der Waals surface area (Å²) in [5, 5.41) is 7.40. The lowest BCUT2D eigenvalue weighted by Crippen LogP contribution is -2.23. The summed E-state index contributed by atoms with van der Waals surface area (Å²) in [7, 11) is 0. The van der Waals surface area contributed by atoms with Crippen molar-refractivity contribution in [3.8, 4) is 11.4 Å². The molecule has 0 bridgehead atoms. The smallest absolute Gasteiger partial charge is 0.216 e. The molecular formula is C20H22N4O2. The second-order valence-corrected chi connectivity index (χ2v) is 6.03. The lowest BCUT2D eigenvalue weighted by Gasteiger charge is -2.07. The predicted octanol–water partition coefficient (Wildman–Crippen LogP) is 2.83. The van der Waals surface area contributed by atoms with Gasteiger partial charge in [-0.25, -0.2) is 9.67 Å². The summed E-state index contributed by atoms with van der Waals surface area (Å²) in [5.41, 5.74) is 2.09. The van der Waals surface area contributed by atoms with Crippen molar-refractivity contribution in [2.75, 3.05) is 6.54 Å². The number of nitrogens with zero attached hydrogens (tertiary/aromatic N) is 3. The van der Waals surface area contributed by atoms with Gasteiger partial charge >= 0.3 is 0 Å². The molecule has 1 heterocycles. The first-order valence-corrected chi connectivity index (χ1v) is 8.56. The van der Waals surface area contributed by atoms with E-state index in [9.17, 15) is 4.79 Å². The van der Waals surface area contributed by atoms with Crippen LogP contribution in [0.5, 0.6) is 5.75 Å². The van der Waals surface area contributed by atoms with Crippen LogP contribution in [0.25, 0.3) is 5.69 Å². The van der Waals surface area contributed by atoms with Gasteiger partial charge in [0.05, 0.1) is 5.69 Å². The maximum atomic E-state index is 11.1. The lowest BCUT2D eigenvalue weighted by molar-refractivity contribution is -0.118. The first-order chi connectivity index (χ1) is 12.6. The molecule has 6 nitrogen and oxygen atoms in total. The molecule has 0 aliphatic carbocycles. The van der Waals surface area contributed by atoms with Gasteiger partial charge < -0.3 is 10.1 Å². The second-order valence-electron chi connectivity index (χ2n) is 6.03. The average Bonchev–Trinajstić information content (AvgIpc) is 3.04. The number of para-hydroxylation sites is 1. The van der Waals surface area contributed by atoms with Crippen molar-refractivity contribution in [3.63, 3.8) is 0 Å². The molecule has 0 atom stereocenters. The lowest BCUT2D eigenvalue weighted by atomic mass is 10.2. The number of aryl methyl sites for hydroxylation is 1. The fourth-order valence-electron chi connectivity index (χ4n) is 2.60. The number of nitrogens with one attached hydrogen (secondary N) is 1. The van der Waals surface area contributed by atoms with E-state index < -0.39 is 0 Å². The summed E-state index contributed by atoms with van der Waals surface area (Å²) in [4.78, 5) is 15.7. The number of amides is 1. The maximum Gasteiger partial charge on any atom is 0.216 e. The van der Waals surface area contributed by atoms with Crippen LogP contribution in [-0.2, 0) is 17.8 Å². The molecule has 0 aliphatic heterocycles. The quantitative estimate of drug-likeness (QED) is 0.711. The molecule has 0 spiro atoms. The number of carbonyl (C=O) groups is 1. The molecule has 3 rings (SSSR count). The summed E-state index contributed by atoms with van der Waals surface area (Å²) in [6.45, 7) is 4.34. The Morgan fingerprint density at radius 1 is 1.15 bits per heavy atom. The topological polar surface area (TPSA) is 69.0 Å². The van der Waals surface area contributed by atoms with Crippen molar-refractivity contribution in [1.29, 1.82) is 0 Å². The van der Waals surface area contributed by atoms with E-state index in [1.807, 2.05) is 60.1 Å². The number of hydrogen-bond acceptors (Lipinski definition) is 4. The second kappa shape index (κ2) is 8.29. The number of ether oxygens (including phenoxy) is 1. The van der Waals surface area contributed by atoms with Crippen LogP contribution in [-0.4, -0.2) is 27.2 Å². The van der Waals surface area contributed by atoms with Crippen LogP contribution in [0.15, 0.2) is 54.6 Å². The molecule has 26 heavy (non-hydrogen) atoms. The Morgan fingerprint density at radius 3 is 2.69 bits per heavy atom. The molecule has 0 fully saturated rings. The average molecular weight is 350 g/mol. The van der Waals surface area contributed by atoms with Crippen molar-refractivity contribution in [2.24, 2.45) is 0 Å². The molecule has 0 saturated carbocycles. The molecule has 6 heteroatoms. The van der Waals surface area contributed by atoms with Crippen LogP contribution in [0.1, 0.15) is 24.1 Å². The molecule has 3 aromatic rings. The molecule has 1 aromatic heterocycles. The van der Waals surface area contributed by atoms with Crippen LogP contribution >= 0.6 is 0 Å². The van der Waals surface area contributed by atoms with Crippen LogP contribution in [0, 0.1) is 6.92 Å². The van der Waals surface area contributed by atoms with Crippen LogP contribution in [0.3, 0.4) is 0 Å². The molecule has 134 valence electrons. The van der Waals surface area contributed by atoms with Crippen molar-refractivity contribution < 1.29 is 9.53 Å². The zero-order valence-electron chi connectivity index (χ0n) is 15.0. The van der Waals surface area contributed by atoms with Gasteiger partial charge in [-0.05, 0) is 36.8 Å². The largest absolute Gasteiger partial charge is 0.486 e. The van der Waals surface area contributed by atoms with E-state index in [0.717, 1.165) is 22.8 Å². The Labute approximate surface area is 152 Å². The number of aromatic nitrogens is 3. The summed E-state index contributed by atoms with van der Waals surface area (Å²) in [6.07, 6.45) is 0.589. The van der Waals surface area contributed by atoms with E-state index in [1.54, 1.807) is 0 Å². The van der Waals surface area contributed by atoms with Gasteiger partial charge in [-0.2, -0.15) is 0 Å². The molecular weight excluding hydrogens is 328 g/mol. The Balaban J connectivity index is 1.80. The minimum absolute atomic E-state index is 0.0562. The van der Waals surface area contributed by atoms with Gasteiger partial charge in [0, 0.05) is 19.9 Å².